The summed E-state index contributed by atoms with van der Waals surface area (Å²) in [4.78, 5) is 60.0. The molecule has 0 rings (SSSR count). The Morgan fingerprint density at radius 1 is 0.349 bits per heavy atom. The van der Waals surface area contributed by atoms with Crippen molar-refractivity contribution in [3.63, 3.8) is 0 Å². The molecule has 0 aliphatic heterocycles. The van der Waals surface area contributed by atoms with Crippen LogP contribution in [0.1, 0.15) is 25.7 Å². The largest absolute Gasteiger partial charge is 2.00 e. The van der Waals surface area contributed by atoms with Crippen LogP contribution < -0.4 is 30.6 Å². The second-order valence-electron chi connectivity index (χ2n) is 4.83. The summed E-state index contributed by atoms with van der Waals surface area (Å²) in [6.07, 6.45) is -5.43. The number of carboxylic acid groups (broad SMARTS) is 6. The molecule has 0 amide bonds. The third-order valence-corrected chi connectivity index (χ3v) is 2.51. The molecule has 0 fully saturated rings. The molecule has 0 saturated heterocycles. The van der Waals surface area contributed by atoms with Crippen molar-refractivity contribution in [1.29, 1.82) is 0 Å². The van der Waals surface area contributed by atoms with Crippen LogP contribution in [-0.2, 0) is 28.8 Å². The topological polar surface area (TPSA) is 722 Å². The van der Waals surface area contributed by atoms with Gasteiger partial charge in [-0.15, -0.1) is 0 Å². The van der Waals surface area contributed by atoms with E-state index in [1.54, 1.807) is 0 Å². The minimum absolute atomic E-state index is 0. The van der Waals surface area contributed by atoms with E-state index in [-0.39, 0.29) is 146 Å². The van der Waals surface area contributed by atoms with E-state index in [4.69, 9.17) is 10.2 Å². The van der Waals surface area contributed by atoms with Crippen molar-refractivity contribution in [2.45, 2.75) is 36.9 Å². The van der Waals surface area contributed by atoms with Gasteiger partial charge in [0.05, 0.1) is 11.9 Å². The summed E-state index contributed by atoms with van der Waals surface area (Å²) in [5.74, 6) is -12.0. The molecule has 0 atom stereocenters. The van der Waals surface area contributed by atoms with E-state index in [2.05, 4.69) is 0 Å². The molecule has 0 heterocycles. The van der Waals surface area contributed by atoms with Crippen LogP contribution in [0.15, 0.2) is 0 Å². The van der Waals surface area contributed by atoms with E-state index in [1.807, 2.05) is 0 Å². The van der Waals surface area contributed by atoms with Crippen LogP contribution in [0.3, 0.4) is 0 Å². The van der Waals surface area contributed by atoms with Crippen molar-refractivity contribution in [3.05, 3.63) is 0 Å². The zero-order valence-electron chi connectivity index (χ0n) is 21.7. The van der Waals surface area contributed by atoms with Gasteiger partial charge in [-0.05, 0) is 0 Å². The number of carbonyl (C=O) groups is 6. The van der Waals surface area contributed by atoms with Crippen LogP contribution in [0, 0.1) is 0 Å². The van der Waals surface area contributed by atoms with Gasteiger partial charge in [-0.25, -0.2) is 0 Å². The van der Waals surface area contributed by atoms with Crippen LogP contribution in [0.5, 0.6) is 0 Å². The molecular weight excluding hydrogens is 665 g/mol. The Balaban J connectivity index is -0.0000000113. The third-order valence-electron chi connectivity index (χ3n) is 2.51. The molecule has 0 aliphatic carbocycles. The van der Waals surface area contributed by atoms with Gasteiger partial charge in [0.15, 0.2) is 0 Å². The molecule has 0 aliphatic rings. The number of carbonyl (C=O) groups excluding carboxylic acids is 6. The smallest absolute Gasteiger partial charge is 0.550 e. The maximum absolute atomic E-state index is 10.1. The Labute approximate surface area is 287 Å². The summed E-state index contributed by atoms with van der Waals surface area (Å²) in [5, 5.41) is 77.9. The Morgan fingerprint density at radius 2 is 0.442 bits per heavy atom. The van der Waals surface area contributed by atoms with Gasteiger partial charge in [0.25, 0.3) is 0 Å². The number of carboxylic acids is 6. The summed E-state index contributed by atoms with van der Waals surface area (Å²) < 4.78 is 0. The first-order chi connectivity index (χ1) is 11.6. The summed E-state index contributed by atoms with van der Waals surface area (Å²) in [6.45, 7) is 0. The van der Waals surface area contributed by atoms with E-state index in [1.165, 1.54) is 0 Å². The maximum Gasteiger partial charge on any atom is 2.00 e. The summed E-state index contributed by atoms with van der Waals surface area (Å²) >= 11 is 0. The summed E-state index contributed by atoms with van der Waals surface area (Å²) in [7, 11) is 0. The number of aliphatic carboxylic acids is 6. The molecule has 0 bridgehead atoms. The van der Waals surface area contributed by atoms with Gasteiger partial charge < -0.3 is 146 Å². The van der Waals surface area contributed by atoms with Crippen molar-refractivity contribution in [1.82, 2.24) is 0 Å². The van der Waals surface area contributed by atoms with Crippen LogP contribution in [0.4, 0.5) is 0 Å². The Morgan fingerprint density at radius 3 is 0.488 bits per heavy atom. The van der Waals surface area contributed by atoms with Crippen LogP contribution >= 0.6 is 0 Å². The van der Waals surface area contributed by atoms with E-state index in [9.17, 15) is 59.4 Å². The van der Waals surface area contributed by atoms with Crippen LogP contribution in [0.2, 0.25) is 0 Å². The average Bonchev–Trinajstić information content (AvgIpc) is 2.34. The van der Waals surface area contributed by atoms with Crippen molar-refractivity contribution >= 4 is 105 Å². The average molecular weight is 703 g/mol. The monoisotopic (exact) mass is 702 g/mol. The Hall–Kier alpha value is -1.52. The van der Waals surface area contributed by atoms with Gasteiger partial charge in [0.2, 0.25) is 0 Å². The molecule has 28 nitrogen and oxygen atoms in total. The quantitative estimate of drug-likeness (QED) is 0.200. The minimum atomic E-state index is -2.97. The number of rotatable bonds is 10. The van der Waals surface area contributed by atoms with E-state index >= 15 is 0 Å². The summed E-state index contributed by atoms with van der Waals surface area (Å²) in [6, 6.07) is 0. The predicted octanol–water partition coefficient (Wildman–Crippen LogP) is -23.2. The van der Waals surface area contributed by atoms with Crippen LogP contribution in [0.25, 0.3) is 0 Å². The number of aliphatic hydroxyl groups is 2. The molecule has 0 aromatic carbocycles. The second-order valence-corrected chi connectivity index (χ2v) is 4.83. The number of hydrogen-bond acceptors (Lipinski definition) is 14. The fourth-order valence-corrected chi connectivity index (χ4v) is 1.37. The molecule has 0 saturated carbocycles. The third kappa shape index (κ3) is 64.5. The molecular formula is C12H38Mg3O28. The van der Waals surface area contributed by atoms with Gasteiger partial charge in [-0.3, -0.25) is 0 Å². The molecule has 0 spiro atoms. The minimum Gasteiger partial charge on any atom is -0.550 e. The molecule has 0 unspecified atom stereocenters. The first kappa shape index (κ1) is 135. The van der Waals surface area contributed by atoms with Crippen LogP contribution in [-0.4, -0.2) is 203 Å². The Kier molecular flexibility index (Phi) is 187. The molecule has 0 aromatic heterocycles. The zero-order chi connectivity index (χ0) is 21.3. The van der Waals surface area contributed by atoms with Gasteiger partial charge in [-0.2, -0.15) is 0 Å². The van der Waals surface area contributed by atoms with Crippen molar-refractivity contribution in [2.75, 3.05) is 0 Å². The van der Waals surface area contributed by atoms with E-state index in [0.29, 0.717) is 0 Å². The SMILES string of the molecule is O.O.O.O.O.O.O.O.O.O.O.O.O.O.O=C([O-])CC(O)(CC(=O)[O-])C(=O)[O-].O=C([O-])CC(O)(CC(=O)[O-])C(=O)[O-].[Mg+2].[Mg+2].[Mg+2]. The standard InChI is InChI=1S/2C6H8O7.3Mg.14H2O/c2*7-3(8)1-6(13,5(11)12)2-4(9)10;;;;;;;;;;;;;;;;;/h2*13H,1-2H2,(H,7,8)(H,9,10)(H,11,12);;;;14*1H2/q;;3*+2;;;;;;;;;;;;;;/p-6. The fourth-order valence-electron chi connectivity index (χ4n) is 1.37. The molecule has 43 heavy (non-hydrogen) atoms. The molecule has 0 radical (unpaired) electrons. The van der Waals surface area contributed by atoms with Gasteiger partial charge in [-0.1, -0.05) is 0 Å². The molecule has 260 valence electrons. The normalized spacial score (nSPS) is 6.56. The molecule has 31 heteroatoms. The van der Waals surface area contributed by atoms with E-state index < -0.39 is 72.7 Å². The van der Waals surface area contributed by atoms with Gasteiger partial charge >= 0.3 is 69.2 Å². The second kappa shape index (κ2) is 59.8. The first-order valence-corrected chi connectivity index (χ1v) is 6.23. The maximum atomic E-state index is 10.1. The predicted molar refractivity (Wildman–Crippen MR) is 126 cm³/mol. The Bertz CT molecular complexity index is 532. The van der Waals surface area contributed by atoms with Crippen molar-refractivity contribution in [3.8, 4) is 0 Å². The van der Waals surface area contributed by atoms with Gasteiger partial charge in [0.1, 0.15) is 11.2 Å². The first-order valence-electron chi connectivity index (χ1n) is 6.23. The molecule has 0 aromatic rings. The fraction of sp³-hybridized carbons (Fsp3) is 0.500. The van der Waals surface area contributed by atoms with Crippen molar-refractivity contribution < 1.29 is 146 Å². The zero-order valence-corrected chi connectivity index (χ0v) is 26.0. The van der Waals surface area contributed by atoms with E-state index in [0.717, 1.165) is 0 Å². The van der Waals surface area contributed by atoms with Gasteiger partial charge in [0, 0.05) is 49.6 Å². The molecule has 30 N–H and O–H groups in total. The summed E-state index contributed by atoms with van der Waals surface area (Å²) in [5.41, 5.74) is -5.95. The van der Waals surface area contributed by atoms with Crippen molar-refractivity contribution in [2.24, 2.45) is 0 Å². The number of hydrogen-bond donors (Lipinski definition) is 2.